The predicted octanol–water partition coefficient (Wildman–Crippen LogP) is 1.59. The zero-order valence-corrected chi connectivity index (χ0v) is 5.39. The van der Waals surface area contributed by atoms with Crippen LogP contribution < -0.4 is 0 Å². The van der Waals surface area contributed by atoms with Crippen LogP contribution in [0.25, 0.3) is 0 Å². The quantitative estimate of drug-likeness (QED) is 0.516. The summed E-state index contributed by atoms with van der Waals surface area (Å²) in [6.45, 7) is 2.16. The fourth-order valence-electron chi connectivity index (χ4n) is 0.864. The van der Waals surface area contributed by atoms with E-state index in [1.54, 1.807) is 0 Å². The molecule has 0 aliphatic heterocycles. The predicted molar refractivity (Wildman–Crippen MR) is 34.8 cm³/mol. The fourth-order valence-corrected chi connectivity index (χ4v) is 0.864. The average molecular weight is 109 g/mol. The van der Waals surface area contributed by atoms with Gasteiger partial charge in [0.2, 0.25) is 0 Å². The molecule has 0 aliphatic carbocycles. The molecule has 0 aliphatic rings. The summed E-state index contributed by atoms with van der Waals surface area (Å²) < 4.78 is 2.14. The Morgan fingerprint density at radius 3 is 2.62 bits per heavy atom. The molecule has 0 atom stereocenters. The van der Waals surface area contributed by atoms with Gasteiger partial charge in [0, 0.05) is 18.9 Å². The molecule has 0 N–H and O–H groups in total. The van der Waals surface area contributed by atoms with Crippen molar-refractivity contribution in [2.24, 2.45) is 7.05 Å². The fraction of sp³-hybridized carbons (Fsp3) is 0.429. The molecule has 0 radical (unpaired) electrons. The lowest BCUT2D eigenvalue weighted by Gasteiger charge is -1.95. The number of hydrogen-bond acceptors (Lipinski definition) is 0. The number of aromatic nitrogens is 1. The number of hydrogen-bond donors (Lipinski definition) is 0. The van der Waals surface area contributed by atoms with Crippen molar-refractivity contribution in [1.29, 1.82) is 0 Å². The van der Waals surface area contributed by atoms with Gasteiger partial charge in [-0.15, -0.1) is 0 Å². The van der Waals surface area contributed by atoms with Gasteiger partial charge in [0.25, 0.3) is 0 Å². The van der Waals surface area contributed by atoms with Crippen molar-refractivity contribution in [2.75, 3.05) is 0 Å². The summed E-state index contributed by atoms with van der Waals surface area (Å²) in [6.07, 6.45) is 3.20. The van der Waals surface area contributed by atoms with E-state index in [0.29, 0.717) is 0 Å². The molecule has 1 rings (SSSR count). The van der Waals surface area contributed by atoms with Crippen molar-refractivity contribution in [3.63, 3.8) is 0 Å². The normalized spacial score (nSPS) is 9.75. The lowest BCUT2D eigenvalue weighted by molar-refractivity contribution is 0.838. The highest BCUT2D eigenvalue weighted by molar-refractivity contribution is 5.05. The van der Waals surface area contributed by atoms with Crippen molar-refractivity contribution in [3.8, 4) is 0 Å². The van der Waals surface area contributed by atoms with E-state index in [2.05, 4.69) is 36.9 Å². The van der Waals surface area contributed by atoms with Crippen molar-refractivity contribution < 1.29 is 0 Å². The molecule has 0 saturated carbocycles. The first kappa shape index (κ1) is 5.42. The molecule has 0 spiro atoms. The molecule has 0 fully saturated rings. The first-order valence-corrected chi connectivity index (χ1v) is 2.95. The summed E-state index contributed by atoms with van der Waals surface area (Å²) in [4.78, 5) is 0. The molecule has 1 nitrogen and oxygen atoms in total. The molecule has 44 valence electrons. The number of nitrogens with zero attached hydrogens (tertiary/aromatic N) is 1. The van der Waals surface area contributed by atoms with Gasteiger partial charge in [-0.25, -0.2) is 0 Å². The monoisotopic (exact) mass is 109 g/mol. The third kappa shape index (κ3) is 0.760. The first-order chi connectivity index (χ1) is 3.84. The smallest absolute Gasteiger partial charge is 0.0169 e. The Bertz CT molecular complexity index is 165. The summed E-state index contributed by atoms with van der Waals surface area (Å²) in [6, 6.07) is 4.21. The van der Waals surface area contributed by atoms with E-state index in [9.17, 15) is 0 Å². The van der Waals surface area contributed by atoms with E-state index in [1.165, 1.54) is 5.69 Å². The molecular formula is C7H11N. The Kier molecular flexibility index (Phi) is 1.38. The van der Waals surface area contributed by atoms with Crippen molar-refractivity contribution in [2.45, 2.75) is 13.3 Å². The van der Waals surface area contributed by atoms with E-state index in [4.69, 9.17) is 0 Å². The third-order valence-electron chi connectivity index (χ3n) is 1.41. The highest BCUT2D eigenvalue weighted by atomic mass is 14.9. The Morgan fingerprint density at radius 1 is 1.62 bits per heavy atom. The average Bonchev–Trinajstić information content (AvgIpc) is 2.14. The van der Waals surface area contributed by atoms with Crippen molar-refractivity contribution in [1.82, 2.24) is 4.57 Å². The highest BCUT2D eigenvalue weighted by Crippen LogP contribution is 1.98. The van der Waals surface area contributed by atoms with Crippen molar-refractivity contribution in [3.05, 3.63) is 24.0 Å². The minimum absolute atomic E-state index is 1.13. The zero-order valence-electron chi connectivity index (χ0n) is 5.39. The molecule has 1 heterocycles. The molecule has 0 unspecified atom stereocenters. The van der Waals surface area contributed by atoms with Gasteiger partial charge >= 0.3 is 0 Å². The van der Waals surface area contributed by atoms with Crippen LogP contribution in [0.15, 0.2) is 18.3 Å². The Hall–Kier alpha value is -0.720. The minimum Gasteiger partial charge on any atom is -0.354 e. The maximum absolute atomic E-state index is 2.16. The van der Waals surface area contributed by atoms with Gasteiger partial charge in [0.15, 0.2) is 0 Å². The largest absolute Gasteiger partial charge is 0.354 e. The van der Waals surface area contributed by atoms with E-state index >= 15 is 0 Å². The van der Waals surface area contributed by atoms with Crippen LogP contribution >= 0.6 is 0 Å². The summed E-state index contributed by atoms with van der Waals surface area (Å²) in [5.41, 5.74) is 1.39. The molecule has 0 amide bonds. The molecule has 1 aromatic rings. The van der Waals surface area contributed by atoms with Crippen LogP contribution in [0.2, 0.25) is 0 Å². The van der Waals surface area contributed by atoms with Gasteiger partial charge in [-0.05, 0) is 18.6 Å². The second kappa shape index (κ2) is 2.03. The second-order valence-electron chi connectivity index (χ2n) is 1.96. The second-order valence-corrected chi connectivity index (χ2v) is 1.96. The molecule has 1 aromatic heterocycles. The van der Waals surface area contributed by atoms with Crippen LogP contribution in [0.3, 0.4) is 0 Å². The standard InChI is InChI=1S/C7H11N/c1-3-7-5-4-6-8(7)2/h4-6H,3H2,1-2H3. The molecule has 0 bridgehead atoms. The van der Waals surface area contributed by atoms with Crippen LogP contribution in [0, 0.1) is 0 Å². The molecule has 0 aromatic carbocycles. The Labute approximate surface area is 49.9 Å². The van der Waals surface area contributed by atoms with E-state index in [1.807, 2.05) is 0 Å². The number of rotatable bonds is 1. The van der Waals surface area contributed by atoms with E-state index in [0.717, 1.165) is 6.42 Å². The highest BCUT2D eigenvalue weighted by Gasteiger charge is 1.88. The van der Waals surface area contributed by atoms with E-state index < -0.39 is 0 Å². The Morgan fingerprint density at radius 2 is 2.38 bits per heavy atom. The van der Waals surface area contributed by atoms with Gasteiger partial charge in [0.1, 0.15) is 0 Å². The molecular weight excluding hydrogens is 98.1 g/mol. The molecule has 1 heteroatoms. The third-order valence-corrected chi connectivity index (χ3v) is 1.41. The van der Waals surface area contributed by atoms with Gasteiger partial charge in [0.05, 0.1) is 0 Å². The maximum Gasteiger partial charge on any atom is 0.0169 e. The summed E-state index contributed by atoms with van der Waals surface area (Å²) >= 11 is 0. The first-order valence-electron chi connectivity index (χ1n) is 2.95. The lowest BCUT2D eigenvalue weighted by atomic mass is 10.3. The van der Waals surface area contributed by atoms with Gasteiger partial charge in [-0.2, -0.15) is 0 Å². The maximum atomic E-state index is 2.16. The van der Waals surface area contributed by atoms with Crippen LogP contribution in [0.4, 0.5) is 0 Å². The summed E-state index contributed by atoms with van der Waals surface area (Å²) in [7, 11) is 2.07. The minimum atomic E-state index is 1.13. The SMILES string of the molecule is CCc1cccn1C. The molecule has 8 heavy (non-hydrogen) atoms. The van der Waals surface area contributed by atoms with E-state index in [-0.39, 0.29) is 0 Å². The van der Waals surface area contributed by atoms with Gasteiger partial charge in [-0.1, -0.05) is 6.92 Å². The molecule has 0 saturated heterocycles. The Balaban J connectivity index is 2.92. The lowest BCUT2D eigenvalue weighted by Crippen LogP contribution is -1.90. The summed E-state index contributed by atoms with van der Waals surface area (Å²) in [5.74, 6) is 0. The van der Waals surface area contributed by atoms with Crippen LogP contribution in [0.1, 0.15) is 12.6 Å². The van der Waals surface area contributed by atoms with Gasteiger partial charge in [-0.3, -0.25) is 0 Å². The van der Waals surface area contributed by atoms with Crippen LogP contribution in [-0.4, -0.2) is 4.57 Å². The van der Waals surface area contributed by atoms with Crippen LogP contribution in [0.5, 0.6) is 0 Å². The zero-order chi connectivity index (χ0) is 5.98. The number of aryl methyl sites for hydroxylation is 2. The van der Waals surface area contributed by atoms with Crippen LogP contribution in [-0.2, 0) is 13.5 Å². The van der Waals surface area contributed by atoms with Crippen molar-refractivity contribution >= 4 is 0 Å². The van der Waals surface area contributed by atoms with Gasteiger partial charge < -0.3 is 4.57 Å². The topological polar surface area (TPSA) is 4.93 Å². The summed E-state index contributed by atoms with van der Waals surface area (Å²) in [5, 5.41) is 0.